The molecule has 0 aliphatic carbocycles. The Balaban J connectivity index is 1.50. The highest BCUT2D eigenvalue weighted by Crippen LogP contribution is 2.38. The Morgan fingerprint density at radius 2 is 1.91 bits per heavy atom. The Hall–Kier alpha value is -3.75. The Morgan fingerprint density at radius 1 is 1.18 bits per heavy atom. The van der Waals surface area contributed by atoms with Gasteiger partial charge < -0.3 is 19.7 Å². The van der Waals surface area contributed by atoms with Crippen molar-refractivity contribution in [1.29, 1.82) is 0 Å². The van der Waals surface area contributed by atoms with Gasteiger partial charge in [-0.2, -0.15) is 13.2 Å². The van der Waals surface area contributed by atoms with E-state index in [1.54, 1.807) is 19.3 Å². The number of fused-ring (bicyclic) bond motifs is 1. The highest BCUT2D eigenvalue weighted by Gasteiger charge is 2.30. The van der Waals surface area contributed by atoms with Gasteiger partial charge in [0.25, 0.3) is 0 Å². The predicted molar refractivity (Wildman–Crippen MR) is 123 cm³/mol. The number of anilines is 3. The maximum absolute atomic E-state index is 12.9. The Labute approximate surface area is 195 Å². The second-order valence-electron chi connectivity index (χ2n) is 7.95. The maximum atomic E-state index is 12.9. The first-order valence-corrected chi connectivity index (χ1v) is 10.7. The molecule has 1 aliphatic rings. The minimum absolute atomic E-state index is 0.139. The monoisotopic (exact) mass is 471 g/mol. The fraction of sp³-hybridized carbons (Fsp3) is 0.280. The molecule has 1 aliphatic heterocycles. The summed E-state index contributed by atoms with van der Waals surface area (Å²) < 4.78 is 49.3. The molecule has 0 saturated carbocycles. The Morgan fingerprint density at radius 3 is 2.62 bits per heavy atom. The molecular weight excluding hydrogens is 447 g/mol. The summed E-state index contributed by atoms with van der Waals surface area (Å²) in [6.45, 7) is 1.10. The average molecular weight is 471 g/mol. The molecule has 0 unspecified atom stereocenters. The molecule has 0 fully saturated rings. The zero-order valence-corrected chi connectivity index (χ0v) is 18.7. The van der Waals surface area contributed by atoms with Crippen LogP contribution in [0.3, 0.4) is 0 Å². The first kappa shape index (κ1) is 23.4. The number of hydrogen-bond acceptors (Lipinski definition) is 6. The molecule has 34 heavy (non-hydrogen) atoms. The first-order chi connectivity index (χ1) is 16.3. The molecule has 1 aromatic heterocycles. The van der Waals surface area contributed by atoms with Crippen molar-refractivity contribution >= 4 is 23.0 Å². The van der Waals surface area contributed by atoms with Gasteiger partial charge in [0.15, 0.2) is 0 Å². The molecule has 0 radical (unpaired) electrons. The third-order valence-corrected chi connectivity index (χ3v) is 5.90. The molecule has 6 nitrogen and oxygen atoms in total. The molecule has 3 aromatic rings. The van der Waals surface area contributed by atoms with Gasteiger partial charge in [0.05, 0.1) is 36.7 Å². The van der Waals surface area contributed by atoms with Gasteiger partial charge in [-0.15, -0.1) is 0 Å². The average Bonchev–Trinajstić information content (AvgIpc) is 2.86. The number of halogens is 3. The van der Waals surface area contributed by atoms with Gasteiger partial charge in [-0.3, -0.25) is 4.98 Å². The summed E-state index contributed by atoms with van der Waals surface area (Å²) >= 11 is 0. The van der Waals surface area contributed by atoms with Crippen molar-refractivity contribution in [2.45, 2.75) is 18.5 Å². The lowest BCUT2D eigenvalue weighted by atomic mass is 9.92. The summed E-state index contributed by atoms with van der Waals surface area (Å²) in [5, 5.41) is 3.30. The molecule has 2 aromatic carbocycles. The second-order valence-corrected chi connectivity index (χ2v) is 7.95. The number of hydrogen-bond donors (Lipinski definition) is 1. The molecule has 0 amide bonds. The van der Waals surface area contributed by atoms with E-state index in [2.05, 4.69) is 10.3 Å². The minimum atomic E-state index is -4.37. The predicted octanol–water partition coefficient (Wildman–Crippen LogP) is 5.63. The van der Waals surface area contributed by atoms with Crippen LogP contribution in [0.5, 0.6) is 5.75 Å². The van der Waals surface area contributed by atoms with E-state index < -0.39 is 17.7 Å². The van der Waals surface area contributed by atoms with Gasteiger partial charge in [0.2, 0.25) is 0 Å². The van der Waals surface area contributed by atoms with E-state index in [1.807, 2.05) is 23.1 Å². The summed E-state index contributed by atoms with van der Waals surface area (Å²) in [4.78, 5) is 17.9. The number of esters is 1. The van der Waals surface area contributed by atoms with Crippen molar-refractivity contribution in [2.75, 3.05) is 37.5 Å². The summed E-state index contributed by atoms with van der Waals surface area (Å²) in [5.74, 6) is 0.432. The molecule has 4 rings (SSSR count). The lowest BCUT2D eigenvalue weighted by molar-refractivity contribution is -0.137. The number of alkyl halides is 3. The number of carbonyl (C=O) groups excluding carboxylic acids is 1. The van der Waals surface area contributed by atoms with E-state index in [9.17, 15) is 18.0 Å². The number of ether oxygens (including phenoxy) is 2. The standard InChI is InChI=1S/C25H24F3N3O3/c1-31(18-5-3-17(4-6-18)25(26,27)28)19-7-8-20-16(10-12-34-23(20)13-19)14-30-22-15-29-11-9-21(22)24(32)33-2/h3-9,11,13,15-16,30H,10,12,14H2,1-2H3/t16-/m0/s1. The van der Waals surface area contributed by atoms with Crippen LogP contribution in [0.2, 0.25) is 0 Å². The van der Waals surface area contributed by atoms with Crippen LogP contribution in [-0.4, -0.2) is 38.3 Å². The number of rotatable bonds is 6. The van der Waals surface area contributed by atoms with E-state index in [0.29, 0.717) is 30.1 Å². The number of nitrogens with zero attached hydrogens (tertiary/aromatic N) is 2. The SMILES string of the molecule is COC(=O)c1ccncc1NC[C@@H]1CCOc2cc(N(C)c3ccc(C(F)(F)F)cc3)ccc21. The van der Waals surface area contributed by atoms with Crippen molar-refractivity contribution in [3.05, 3.63) is 77.6 Å². The van der Waals surface area contributed by atoms with Crippen LogP contribution in [0.15, 0.2) is 60.9 Å². The minimum Gasteiger partial charge on any atom is -0.493 e. The fourth-order valence-electron chi connectivity index (χ4n) is 3.95. The zero-order chi connectivity index (χ0) is 24.3. The molecule has 0 spiro atoms. The van der Waals surface area contributed by atoms with Crippen molar-refractivity contribution in [2.24, 2.45) is 0 Å². The van der Waals surface area contributed by atoms with E-state index >= 15 is 0 Å². The number of carbonyl (C=O) groups is 1. The van der Waals surface area contributed by atoms with Gasteiger partial charge in [0.1, 0.15) is 5.75 Å². The quantitative estimate of drug-likeness (QED) is 0.470. The number of benzene rings is 2. The van der Waals surface area contributed by atoms with Crippen LogP contribution in [0.4, 0.5) is 30.2 Å². The van der Waals surface area contributed by atoms with Crippen LogP contribution in [-0.2, 0) is 10.9 Å². The molecular formula is C25H24F3N3O3. The van der Waals surface area contributed by atoms with Gasteiger partial charge in [-0.1, -0.05) is 6.07 Å². The molecule has 178 valence electrons. The number of aromatic nitrogens is 1. The lowest BCUT2D eigenvalue weighted by Crippen LogP contribution is -2.22. The molecule has 0 saturated heterocycles. The molecule has 1 atom stereocenters. The lowest BCUT2D eigenvalue weighted by Gasteiger charge is -2.28. The smallest absolute Gasteiger partial charge is 0.416 e. The fourth-order valence-corrected chi connectivity index (χ4v) is 3.95. The Kier molecular flexibility index (Phi) is 6.63. The van der Waals surface area contributed by atoms with E-state index in [-0.39, 0.29) is 5.92 Å². The van der Waals surface area contributed by atoms with Crippen LogP contribution < -0.4 is 15.0 Å². The maximum Gasteiger partial charge on any atom is 0.416 e. The normalized spacial score (nSPS) is 15.1. The third-order valence-electron chi connectivity index (χ3n) is 5.90. The van der Waals surface area contributed by atoms with Crippen molar-refractivity contribution in [1.82, 2.24) is 4.98 Å². The van der Waals surface area contributed by atoms with Gasteiger partial charge >= 0.3 is 12.1 Å². The molecule has 2 heterocycles. The zero-order valence-electron chi connectivity index (χ0n) is 18.7. The topological polar surface area (TPSA) is 63.7 Å². The van der Waals surface area contributed by atoms with Crippen LogP contribution >= 0.6 is 0 Å². The highest BCUT2D eigenvalue weighted by atomic mass is 19.4. The first-order valence-electron chi connectivity index (χ1n) is 10.7. The van der Waals surface area contributed by atoms with Crippen LogP contribution in [0.25, 0.3) is 0 Å². The van der Waals surface area contributed by atoms with Crippen molar-refractivity contribution < 1.29 is 27.4 Å². The summed E-state index contributed by atoms with van der Waals surface area (Å²) in [5.41, 5.74) is 2.78. The number of nitrogens with one attached hydrogen (secondary N) is 1. The van der Waals surface area contributed by atoms with Gasteiger partial charge in [-0.25, -0.2) is 4.79 Å². The Bertz CT molecular complexity index is 1170. The summed E-state index contributed by atoms with van der Waals surface area (Å²) in [7, 11) is 3.13. The van der Waals surface area contributed by atoms with Gasteiger partial charge in [0, 0.05) is 43.1 Å². The van der Waals surface area contributed by atoms with E-state index in [4.69, 9.17) is 9.47 Å². The van der Waals surface area contributed by atoms with E-state index in [1.165, 1.54) is 25.4 Å². The highest BCUT2D eigenvalue weighted by molar-refractivity contribution is 5.95. The molecule has 0 bridgehead atoms. The second kappa shape index (κ2) is 9.62. The molecule has 9 heteroatoms. The van der Waals surface area contributed by atoms with E-state index in [0.717, 1.165) is 35.6 Å². The molecule has 1 N–H and O–H groups in total. The van der Waals surface area contributed by atoms with Gasteiger partial charge in [-0.05, 0) is 48.4 Å². The van der Waals surface area contributed by atoms with Crippen LogP contribution in [0.1, 0.15) is 33.8 Å². The van der Waals surface area contributed by atoms with Crippen molar-refractivity contribution in [3.8, 4) is 5.75 Å². The summed E-state index contributed by atoms with van der Waals surface area (Å²) in [6.07, 6.45) is -0.445. The van der Waals surface area contributed by atoms with Crippen molar-refractivity contribution in [3.63, 3.8) is 0 Å². The number of methoxy groups -OCH3 is 1. The third kappa shape index (κ3) is 4.93. The largest absolute Gasteiger partial charge is 0.493 e. The summed E-state index contributed by atoms with van der Waals surface area (Å²) in [6, 6.07) is 12.4. The number of pyridine rings is 1. The van der Waals surface area contributed by atoms with Crippen LogP contribution in [0, 0.1) is 0 Å².